The average Bonchev–Trinajstić information content (AvgIpc) is 2.27. The summed E-state index contributed by atoms with van der Waals surface area (Å²) < 4.78 is 3.31. The number of hydrogen-bond donors (Lipinski definition) is 0. The molecule has 0 amide bonds. The van der Waals surface area contributed by atoms with E-state index in [2.05, 4.69) is 0 Å². The van der Waals surface area contributed by atoms with Crippen molar-refractivity contribution >= 4 is 34.9 Å². The molecule has 2 nitrogen and oxygen atoms in total. The topological polar surface area (TPSA) is 6.48 Å². The first kappa shape index (κ1) is 11.5. The molecule has 0 unspecified atom stereocenters. The Bertz CT molecular complexity index is 262. The summed E-state index contributed by atoms with van der Waals surface area (Å²) in [6, 6.07) is 7.81. The minimum absolute atomic E-state index is 0.743. The largest absolute Gasteiger partial charge is 0.283 e. The molecule has 0 aromatic heterocycles. The van der Waals surface area contributed by atoms with E-state index in [4.69, 9.17) is 23.6 Å². The molecule has 0 bridgehead atoms. The molecule has 0 atom stereocenters. The zero-order chi connectivity index (χ0) is 10.6. The van der Waals surface area contributed by atoms with Gasteiger partial charge in [0.15, 0.2) is 0 Å². The van der Waals surface area contributed by atoms with Crippen molar-refractivity contribution in [3.8, 4) is 0 Å². The molecule has 78 valence electrons. The highest BCUT2D eigenvalue weighted by Gasteiger charge is 2.10. The molecular weight excluding hydrogens is 219 g/mol. The van der Waals surface area contributed by atoms with Crippen LogP contribution in [-0.2, 0) is 0 Å². The van der Waals surface area contributed by atoms with Gasteiger partial charge in [0, 0.05) is 36.6 Å². The van der Waals surface area contributed by atoms with Gasteiger partial charge in [-0.3, -0.25) is 8.84 Å². The highest BCUT2D eigenvalue weighted by atomic mass is 35.5. The lowest BCUT2D eigenvalue weighted by Crippen LogP contribution is -2.15. The Labute approximate surface area is 95.2 Å². The van der Waals surface area contributed by atoms with E-state index in [1.807, 2.05) is 38.1 Å². The quantitative estimate of drug-likeness (QED) is 0.732. The van der Waals surface area contributed by atoms with Crippen LogP contribution in [0.15, 0.2) is 24.3 Å². The Morgan fingerprint density at radius 3 is 1.57 bits per heavy atom. The third-order valence-electron chi connectivity index (χ3n) is 1.96. The number of nitrogens with zero attached hydrogens (tertiary/aromatic N) is 2. The highest BCUT2D eigenvalue weighted by Crippen LogP contribution is 2.31. The Hall–Kier alpha value is -0.600. The zero-order valence-electron chi connectivity index (χ0n) is 8.37. The van der Waals surface area contributed by atoms with Crippen LogP contribution in [0.4, 0.5) is 11.4 Å². The van der Waals surface area contributed by atoms with Crippen molar-refractivity contribution in [2.45, 2.75) is 13.8 Å². The molecule has 0 aliphatic heterocycles. The molecule has 0 radical (unpaired) electrons. The monoisotopic (exact) mass is 232 g/mol. The van der Waals surface area contributed by atoms with Gasteiger partial charge >= 0.3 is 0 Å². The molecule has 0 spiro atoms. The third kappa shape index (κ3) is 2.46. The van der Waals surface area contributed by atoms with Gasteiger partial charge in [-0.2, -0.15) is 0 Å². The summed E-state index contributed by atoms with van der Waals surface area (Å²) in [6.45, 7) is 5.47. The van der Waals surface area contributed by atoms with E-state index in [0.717, 1.165) is 24.5 Å². The maximum absolute atomic E-state index is 6.04. The standard InChI is InChI=1S/C10H14Cl2N2/c1-3-13(11)9-7-5-6-8-10(9)14(12)4-2/h5-8H,3-4H2,1-2H3. The number of benzene rings is 1. The van der Waals surface area contributed by atoms with Gasteiger partial charge in [0.1, 0.15) is 0 Å². The van der Waals surface area contributed by atoms with E-state index < -0.39 is 0 Å². The van der Waals surface area contributed by atoms with Crippen molar-refractivity contribution in [1.82, 2.24) is 0 Å². The van der Waals surface area contributed by atoms with Crippen molar-refractivity contribution in [1.29, 1.82) is 0 Å². The van der Waals surface area contributed by atoms with Crippen LogP contribution in [0.3, 0.4) is 0 Å². The van der Waals surface area contributed by atoms with Gasteiger partial charge < -0.3 is 0 Å². The van der Waals surface area contributed by atoms with Crippen LogP contribution in [0.2, 0.25) is 0 Å². The maximum Gasteiger partial charge on any atom is 0.0768 e. The SMILES string of the molecule is CCN(Cl)c1ccccc1N(Cl)CC. The van der Waals surface area contributed by atoms with Gasteiger partial charge in [0.2, 0.25) is 0 Å². The third-order valence-corrected chi connectivity index (χ3v) is 2.80. The molecular formula is C10H14Cl2N2. The molecule has 1 rings (SSSR count). The molecule has 4 heteroatoms. The van der Waals surface area contributed by atoms with Crippen LogP contribution in [-0.4, -0.2) is 13.1 Å². The zero-order valence-corrected chi connectivity index (χ0v) is 9.89. The summed E-state index contributed by atoms with van der Waals surface area (Å²) >= 11 is 12.1. The van der Waals surface area contributed by atoms with Crippen molar-refractivity contribution in [3.05, 3.63) is 24.3 Å². The van der Waals surface area contributed by atoms with E-state index in [0.29, 0.717) is 0 Å². The Kier molecular flexibility index (Phi) is 4.36. The molecule has 1 aromatic carbocycles. The van der Waals surface area contributed by atoms with Gasteiger partial charge in [0.05, 0.1) is 11.4 Å². The second kappa shape index (κ2) is 5.32. The van der Waals surface area contributed by atoms with Crippen LogP contribution < -0.4 is 8.84 Å². The predicted octanol–water partition coefficient (Wildman–Crippen LogP) is 3.65. The lowest BCUT2D eigenvalue weighted by Gasteiger charge is -2.22. The molecule has 1 aromatic rings. The summed E-state index contributed by atoms with van der Waals surface area (Å²) in [5, 5.41) is 0. The minimum atomic E-state index is 0.743. The molecule has 0 fully saturated rings. The molecule has 0 saturated carbocycles. The van der Waals surface area contributed by atoms with Crippen molar-refractivity contribution in [2.75, 3.05) is 21.9 Å². The number of rotatable bonds is 4. The van der Waals surface area contributed by atoms with Crippen LogP contribution in [0.5, 0.6) is 0 Å². The molecule has 0 heterocycles. The van der Waals surface area contributed by atoms with Gasteiger partial charge in [0.25, 0.3) is 0 Å². The number of halogens is 2. The van der Waals surface area contributed by atoms with Crippen LogP contribution in [0, 0.1) is 0 Å². The molecule has 14 heavy (non-hydrogen) atoms. The summed E-state index contributed by atoms with van der Waals surface area (Å²) in [7, 11) is 0. The Balaban J connectivity index is 3.02. The summed E-state index contributed by atoms with van der Waals surface area (Å²) in [5.41, 5.74) is 1.88. The lowest BCUT2D eigenvalue weighted by atomic mass is 10.2. The van der Waals surface area contributed by atoms with Crippen LogP contribution in [0.1, 0.15) is 13.8 Å². The Morgan fingerprint density at radius 1 is 0.929 bits per heavy atom. The van der Waals surface area contributed by atoms with Crippen LogP contribution in [0.25, 0.3) is 0 Å². The van der Waals surface area contributed by atoms with Gasteiger partial charge in [-0.1, -0.05) is 12.1 Å². The second-order valence-electron chi connectivity index (χ2n) is 2.85. The number of hydrogen-bond acceptors (Lipinski definition) is 2. The fraction of sp³-hybridized carbons (Fsp3) is 0.400. The second-order valence-corrected chi connectivity index (χ2v) is 3.66. The van der Waals surface area contributed by atoms with Crippen molar-refractivity contribution in [2.24, 2.45) is 0 Å². The normalized spacial score (nSPS) is 10.0. The van der Waals surface area contributed by atoms with E-state index >= 15 is 0 Å². The summed E-state index contributed by atoms with van der Waals surface area (Å²) in [6.07, 6.45) is 0. The Morgan fingerprint density at radius 2 is 1.29 bits per heavy atom. The first-order chi connectivity index (χ1) is 6.70. The fourth-order valence-corrected chi connectivity index (χ4v) is 1.50. The van der Waals surface area contributed by atoms with E-state index in [1.165, 1.54) is 0 Å². The first-order valence-corrected chi connectivity index (χ1v) is 5.34. The van der Waals surface area contributed by atoms with E-state index in [-0.39, 0.29) is 0 Å². The van der Waals surface area contributed by atoms with Crippen LogP contribution >= 0.6 is 23.6 Å². The van der Waals surface area contributed by atoms with Gasteiger partial charge in [-0.05, 0) is 26.0 Å². The molecule has 0 aliphatic rings. The van der Waals surface area contributed by atoms with Crippen molar-refractivity contribution < 1.29 is 0 Å². The first-order valence-electron chi connectivity index (χ1n) is 4.66. The van der Waals surface area contributed by atoms with Crippen molar-refractivity contribution in [3.63, 3.8) is 0 Å². The fourth-order valence-electron chi connectivity index (χ4n) is 1.22. The number of para-hydroxylation sites is 2. The number of anilines is 2. The van der Waals surface area contributed by atoms with Gasteiger partial charge in [-0.15, -0.1) is 0 Å². The molecule has 0 aliphatic carbocycles. The lowest BCUT2D eigenvalue weighted by molar-refractivity contribution is 1.06. The minimum Gasteiger partial charge on any atom is -0.283 e. The van der Waals surface area contributed by atoms with Gasteiger partial charge in [-0.25, -0.2) is 0 Å². The molecule has 0 saturated heterocycles. The highest BCUT2D eigenvalue weighted by molar-refractivity contribution is 6.29. The summed E-state index contributed by atoms with van der Waals surface area (Å²) in [5.74, 6) is 0. The maximum atomic E-state index is 6.04. The average molecular weight is 233 g/mol. The predicted molar refractivity (Wildman–Crippen MR) is 64.2 cm³/mol. The van der Waals surface area contributed by atoms with E-state index in [9.17, 15) is 0 Å². The molecule has 0 N–H and O–H groups in total. The smallest absolute Gasteiger partial charge is 0.0768 e. The van der Waals surface area contributed by atoms with E-state index in [1.54, 1.807) is 8.84 Å². The summed E-state index contributed by atoms with van der Waals surface area (Å²) in [4.78, 5) is 0.